The molecule has 0 saturated heterocycles. The Labute approximate surface area is 163 Å². The second-order valence-electron chi connectivity index (χ2n) is 6.08. The van der Waals surface area contributed by atoms with Crippen molar-refractivity contribution in [2.24, 2.45) is 0 Å². The van der Waals surface area contributed by atoms with Crippen LogP contribution in [0.3, 0.4) is 0 Å². The van der Waals surface area contributed by atoms with Crippen LogP contribution in [0.4, 0.5) is 0 Å². The number of hydrogen-bond acceptors (Lipinski definition) is 7. The number of aryl methyl sites for hydroxylation is 1. The number of aromatic nitrogens is 2. The maximum Gasteiger partial charge on any atom is 0.310 e. The number of hydrogen-bond donors (Lipinski definition) is 0. The van der Waals surface area contributed by atoms with Crippen molar-refractivity contribution in [3.8, 4) is 22.9 Å². The second kappa shape index (κ2) is 9.03. The largest absolute Gasteiger partial charge is 0.497 e. The van der Waals surface area contributed by atoms with Crippen molar-refractivity contribution in [2.75, 3.05) is 14.2 Å². The highest BCUT2D eigenvalue weighted by Gasteiger charge is 2.14. The van der Waals surface area contributed by atoms with Gasteiger partial charge in [0, 0.05) is 17.2 Å². The van der Waals surface area contributed by atoms with E-state index in [1.165, 1.54) is 12.7 Å². The molecule has 1 aromatic heterocycles. The molecule has 1 heterocycles. The average molecular weight is 382 g/mol. The lowest BCUT2D eigenvalue weighted by atomic mass is 10.1. The van der Waals surface area contributed by atoms with Crippen LogP contribution in [0.1, 0.15) is 23.9 Å². The van der Waals surface area contributed by atoms with Crippen molar-refractivity contribution >= 4 is 5.97 Å². The van der Waals surface area contributed by atoms with E-state index in [0.29, 0.717) is 22.9 Å². The molecule has 0 aliphatic rings. The zero-order valence-corrected chi connectivity index (χ0v) is 16.1. The van der Waals surface area contributed by atoms with Gasteiger partial charge in [0.05, 0.1) is 20.6 Å². The van der Waals surface area contributed by atoms with Gasteiger partial charge in [0.25, 0.3) is 5.89 Å². The van der Waals surface area contributed by atoms with Crippen LogP contribution in [0.15, 0.2) is 47.0 Å². The Morgan fingerprint density at radius 3 is 2.54 bits per heavy atom. The summed E-state index contributed by atoms with van der Waals surface area (Å²) in [5.41, 5.74) is 2.78. The molecular weight excluding hydrogens is 360 g/mol. The van der Waals surface area contributed by atoms with Crippen LogP contribution in [0.2, 0.25) is 0 Å². The molecule has 0 N–H and O–H groups in total. The van der Waals surface area contributed by atoms with E-state index in [2.05, 4.69) is 17.1 Å². The van der Waals surface area contributed by atoms with Gasteiger partial charge in [-0.05, 0) is 18.1 Å². The van der Waals surface area contributed by atoms with Crippen molar-refractivity contribution in [1.29, 1.82) is 0 Å². The lowest BCUT2D eigenvalue weighted by molar-refractivity contribution is -0.144. The zero-order chi connectivity index (χ0) is 19.9. The summed E-state index contributed by atoms with van der Waals surface area (Å²) in [6, 6.07) is 13.2. The summed E-state index contributed by atoms with van der Waals surface area (Å²) in [7, 11) is 3.11. The van der Waals surface area contributed by atoms with E-state index in [4.69, 9.17) is 18.7 Å². The number of carbonyl (C=O) groups is 1. The van der Waals surface area contributed by atoms with E-state index in [-0.39, 0.29) is 18.9 Å². The molecule has 0 aliphatic carbocycles. The Hall–Kier alpha value is -3.35. The van der Waals surface area contributed by atoms with Crippen LogP contribution in [-0.2, 0) is 29.0 Å². The molecule has 0 amide bonds. The van der Waals surface area contributed by atoms with Crippen molar-refractivity contribution in [3.63, 3.8) is 0 Å². The average Bonchev–Trinajstić information content (AvgIpc) is 3.21. The lowest BCUT2D eigenvalue weighted by Crippen LogP contribution is -2.09. The number of benzene rings is 2. The molecule has 0 saturated carbocycles. The van der Waals surface area contributed by atoms with Crippen LogP contribution < -0.4 is 9.47 Å². The maximum absolute atomic E-state index is 12.2. The molecule has 0 fully saturated rings. The molecule has 3 rings (SSSR count). The highest BCUT2D eigenvalue weighted by Crippen LogP contribution is 2.25. The van der Waals surface area contributed by atoms with E-state index in [1.807, 2.05) is 24.3 Å². The predicted molar refractivity (Wildman–Crippen MR) is 102 cm³/mol. The Bertz CT molecular complexity index is 934. The van der Waals surface area contributed by atoms with E-state index < -0.39 is 5.97 Å². The smallest absolute Gasteiger partial charge is 0.310 e. The summed E-state index contributed by atoms with van der Waals surface area (Å²) in [6.45, 7) is 2.01. The van der Waals surface area contributed by atoms with Gasteiger partial charge in [0.2, 0.25) is 5.82 Å². The van der Waals surface area contributed by atoms with Crippen molar-refractivity contribution in [2.45, 2.75) is 26.4 Å². The van der Waals surface area contributed by atoms with Crippen LogP contribution in [0.25, 0.3) is 11.4 Å². The van der Waals surface area contributed by atoms with E-state index >= 15 is 0 Å². The fraction of sp³-hybridized carbons (Fsp3) is 0.286. The third kappa shape index (κ3) is 4.68. The lowest BCUT2D eigenvalue weighted by Gasteiger charge is -2.09. The Morgan fingerprint density at radius 1 is 1.07 bits per heavy atom. The molecule has 3 aromatic rings. The van der Waals surface area contributed by atoms with Crippen LogP contribution >= 0.6 is 0 Å². The van der Waals surface area contributed by atoms with Gasteiger partial charge in [-0.15, -0.1) is 0 Å². The molecule has 0 aliphatic heterocycles. The molecule has 0 radical (unpaired) electrons. The monoisotopic (exact) mass is 382 g/mol. The van der Waals surface area contributed by atoms with Crippen molar-refractivity contribution < 1.29 is 23.5 Å². The second-order valence-corrected chi connectivity index (χ2v) is 6.08. The Morgan fingerprint density at radius 2 is 1.86 bits per heavy atom. The topological polar surface area (TPSA) is 83.7 Å². The normalized spacial score (nSPS) is 10.5. The van der Waals surface area contributed by atoms with Gasteiger partial charge in [-0.3, -0.25) is 4.79 Å². The predicted octanol–water partition coefficient (Wildman–Crippen LogP) is 3.60. The Kier molecular flexibility index (Phi) is 6.26. The van der Waals surface area contributed by atoms with Crippen molar-refractivity contribution in [3.05, 3.63) is 59.5 Å². The van der Waals surface area contributed by atoms with Gasteiger partial charge in [-0.1, -0.05) is 42.4 Å². The summed E-state index contributed by atoms with van der Waals surface area (Å²) in [4.78, 5) is 16.4. The summed E-state index contributed by atoms with van der Waals surface area (Å²) < 4.78 is 20.9. The van der Waals surface area contributed by atoms with Gasteiger partial charge < -0.3 is 18.7 Å². The standard InChI is InChI=1S/C21H22N2O5/c1-4-14-5-7-15(8-6-14)21-22-19(28-23-21)13-27-20(24)11-16-9-10-17(25-2)12-18(16)26-3/h5-10,12H,4,11,13H2,1-3H3. The molecule has 0 bridgehead atoms. The van der Waals surface area contributed by atoms with Gasteiger partial charge in [-0.25, -0.2) is 0 Å². The molecule has 146 valence electrons. The summed E-state index contributed by atoms with van der Waals surface area (Å²) in [5, 5.41) is 3.94. The van der Waals surface area contributed by atoms with Gasteiger partial charge in [0.15, 0.2) is 6.61 Å². The first-order valence-electron chi connectivity index (χ1n) is 8.91. The number of esters is 1. The quantitative estimate of drug-likeness (QED) is 0.550. The number of rotatable bonds is 8. The zero-order valence-electron chi connectivity index (χ0n) is 16.1. The highest BCUT2D eigenvalue weighted by atomic mass is 16.6. The molecule has 0 unspecified atom stereocenters. The first kappa shape index (κ1) is 19.4. The fourth-order valence-electron chi connectivity index (χ4n) is 2.67. The maximum atomic E-state index is 12.2. The number of nitrogens with zero attached hydrogens (tertiary/aromatic N) is 2. The third-order valence-corrected chi connectivity index (χ3v) is 4.27. The Balaban J connectivity index is 1.58. The molecular formula is C21H22N2O5. The number of carbonyl (C=O) groups excluding carboxylic acids is 1. The molecule has 2 aromatic carbocycles. The van der Waals surface area contributed by atoms with E-state index in [0.717, 1.165) is 12.0 Å². The molecule has 0 spiro atoms. The van der Waals surface area contributed by atoms with Crippen LogP contribution in [0.5, 0.6) is 11.5 Å². The minimum atomic E-state index is -0.421. The van der Waals surface area contributed by atoms with Crippen LogP contribution in [-0.4, -0.2) is 30.3 Å². The van der Waals surface area contributed by atoms with Gasteiger partial charge in [0.1, 0.15) is 11.5 Å². The first-order chi connectivity index (χ1) is 13.6. The number of methoxy groups -OCH3 is 2. The summed E-state index contributed by atoms with van der Waals surface area (Å²) in [5.74, 6) is 1.50. The van der Waals surface area contributed by atoms with E-state index in [1.54, 1.807) is 25.3 Å². The third-order valence-electron chi connectivity index (χ3n) is 4.27. The van der Waals surface area contributed by atoms with Gasteiger partial charge in [-0.2, -0.15) is 4.98 Å². The van der Waals surface area contributed by atoms with Gasteiger partial charge >= 0.3 is 5.97 Å². The summed E-state index contributed by atoms with van der Waals surface area (Å²) in [6.07, 6.45) is 1.03. The molecule has 0 atom stereocenters. The SMILES string of the molecule is CCc1ccc(-c2noc(COC(=O)Cc3ccc(OC)cc3OC)n2)cc1. The first-order valence-corrected chi connectivity index (χ1v) is 8.91. The summed E-state index contributed by atoms with van der Waals surface area (Å²) >= 11 is 0. The molecule has 7 heteroatoms. The van der Waals surface area contributed by atoms with Crippen molar-refractivity contribution in [1.82, 2.24) is 10.1 Å². The highest BCUT2D eigenvalue weighted by molar-refractivity contribution is 5.73. The fourth-order valence-corrected chi connectivity index (χ4v) is 2.67. The molecule has 28 heavy (non-hydrogen) atoms. The van der Waals surface area contributed by atoms with Crippen LogP contribution in [0, 0.1) is 0 Å². The minimum absolute atomic E-state index is 0.0621. The molecule has 7 nitrogen and oxygen atoms in total. The van der Waals surface area contributed by atoms with E-state index in [9.17, 15) is 4.79 Å². The number of ether oxygens (including phenoxy) is 3. The minimum Gasteiger partial charge on any atom is -0.497 e.